The van der Waals surface area contributed by atoms with Gasteiger partial charge in [-0.15, -0.1) is 0 Å². The van der Waals surface area contributed by atoms with Gasteiger partial charge in [-0.25, -0.2) is 4.79 Å². The van der Waals surface area contributed by atoms with Crippen LogP contribution in [0.15, 0.2) is 59.6 Å². The Balaban J connectivity index is 2.02. The molecular weight excluding hydrogens is 662 g/mol. The fourth-order valence-corrected chi connectivity index (χ4v) is 4.83. The summed E-state index contributed by atoms with van der Waals surface area (Å²) in [7, 11) is 0. The Morgan fingerprint density at radius 3 is 1.92 bits per heavy atom. The Kier molecular flexibility index (Phi) is 17.4. The molecule has 0 bridgehead atoms. The van der Waals surface area contributed by atoms with Crippen molar-refractivity contribution in [2.45, 2.75) is 70.1 Å². The van der Waals surface area contributed by atoms with E-state index in [1.165, 1.54) is 12.1 Å². The number of hydrogen-bond donors (Lipinski definition) is 10. The van der Waals surface area contributed by atoms with Gasteiger partial charge in [0.1, 0.15) is 23.9 Å². The van der Waals surface area contributed by atoms with Crippen LogP contribution in [0.5, 0.6) is 5.75 Å². The van der Waals surface area contributed by atoms with Crippen molar-refractivity contribution in [3.05, 3.63) is 65.7 Å². The fourth-order valence-electron chi connectivity index (χ4n) is 4.83. The molecule has 51 heavy (non-hydrogen) atoms. The van der Waals surface area contributed by atoms with E-state index in [0.717, 1.165) is 0 Å². The minimum atomic E-state index is -1.27. The highest BCUT2D eigenvalue weighted by Crippen LogP contribution is 2.11. The first-order chi connectivity index (χ1) is 24.1. The van der Waals surface area contributed by atoms with E-state index < -0.39 is 72.8 Å². The maximum atomic E-state index is 13.6. The van der Waals surface area contributed by atoms with Crippen LogP contribution in [0.1, 0.15) is 44.2 Å². The van der Waals surface area contributed by atoms with Gasteiger partial charge < -0.3 is 54.0 Å². The summed E-state index contributed by atoms with van der Waals surface area (Å²) in [6.07, 6.45) is 0.694. The van der Waals surface area contributed by atoms with Crippen molar-refractivity contribution in [3.8, 4) is 5.75 Å². The summed E-state index contributed by atoms with van der Waals surface area (Å²) in [5, 5.41) is 31.6. The van der Waals surface area contributed by atoms with Crippen LogP contribution in [0.2, 0.25) is 0 Å². The molecule has 278 valence electrons. The van der Waals surface area contributed by atoms with E-state index in [1.807, 2.05) is 13.8 Å². The molecule has 0 aromatic heterocycles. The molecule has 4 atom stereocenters. The predicted molar refractivity (Wildman–Crippen MR) is 189 cm³/mol. The molecule has 0 spiro atoms. The number of nitrogens with one attached hydrogen (secondary N) is 5. The van der Waals surface area contributed by atoms with Crippen LogP contribution in [-0.4, -0.2) is 95.5 Å². The molecule has 0 fully saturated rings. The van der Waals surface area contributed by atoms with Crippen LogP contribution in [0.25, 0.3) is 0 Å². The zero-order chi connectivity index (χ0) is 37.9. The van der Waals surface area contributed by atoms with Gasteiger partial charge in [0.05, 0.1) is 19.1 Å². The lowest BCUT2D eigenvalue weighted by atomic mass is 10.0. The van der Waals surface area contributed by atoms with E-state index in [1.54, 1.807) is 42.5 Å². The summed E-state index contributed by atoms with van der Waals surface area (Å²) in [5.74, 6) is -4.82. The van der Waals surface area contributed by atoms with Crippen LogP contribution in [0, 0.1) is 5.92 Å². The van der Waals surface area contributed by atoms with Crippen molar-refractivity contribution in [1.82, 2.24) is 26.6 Å². The SMILES string of the molecule is CC(C)C[C@@H](NC(=O)[C@H](Cc1ccccc1)NC(=O)CNC(=O)CNC(=O)[C@@H](N)Cc1ccc(O)cc1)C(=O)N[C@@H](CCCN=C(N)N)C(=O)O. The lowest BCUT2D eigenvalue weighted by molar-refractivity contribution is -0.142. The highest BCUT2D eigenvalue weighted by atomic mass is 16.4. The molecule has 0 aliphatic rings. The van der Waals surface area contributed by atoms with Crippen LogP contribution >= 0.6 is 0 Å². The molecule has 5 amide bonds. The molecule has 0 saturated carbocycles. The number of guanidine groups is 1. The first-order valence-corrected chi connectivity index (χ1v) is 16.4. The number of rotatable bonds is 21. The zero-order valence-electron chi connectivity index (χ0n) is 28.8. The Morgan fingerprint density at radius 1 is 0.725 bits per heavy atom. The van der Waals surface area contributed by atoms with Crippen LogP contribution < -0.4 is 43.8 Å². The second kappa shape index (κ2) is 21.4. The summed E-state index contributed by atoms with van der Waals surface area (Å²) in [4.78, 5) is 80.2. The van der Waals surface area contributed by atoms with Gasteiger partial charge >= 0.3 is 5.97 Å². The molecule has 2 rings (SSSR count). The number of benzene rings is 2. The molecule has 0 unspecified atom stereocenters. The molecule has 13 N–H and O–H groups in total. The Hall–Kier alpha value is -5.71. The number of aliphatic carboxylic acids is 1. The molecule has 17 nitrogen and oxygen atoms in total. The van der Waals surface area contributed by atoms with E-state index in [-0.39, 0.29) is 56.3 Å². The number of carboxylic acid groups (broad SMARTS) is 1. The number of phenols is 1. The van der Waals surface area contributed by atoms with E-state index in [0.29, 0.717) is 11.1 Å². The van der Waals surface area contributed by atoms with Crippen molar-refractivity contribution in [1.29, 1.82) is 0 Å². The van der Waals surface area contributed by atoms with E-state index >= 15 is 0 Å². The predicted octanol–water partition coefficient (Wildman–Crippen LogP) is -1.62. The maximum Gasteiger partial charge on any atom is 0.326 e. The normalized spacial score (nSPS) is 13.1. The summed E-state index contributed by atoms with van der Waals surface area (Å²) >= 11 is 0. The number of carbonyl (C=O) groups is 6. The summed E-state index contributed by atoms with van der Waals surface area (Å²) < 4.78 is 0. The van der Waals surface area contributed by atoms with E-state index in [9.17, 15) is 39.0 Å². The monoisotopic (exact) mass is 711 g/mol. The number of carbonyl (C=O) groups excluding carboxylic acids is 5. The van der Waals surface area contributed by atoms with Gasteiger partial charge in [0.2, 0.25) is 29.5 Å². The summed E-state index contributed by atoms with van der Waals surface area (Å²) in [6, 6.07) is 10.4. The van der Waals surface area contributed by atoms with Crippen molar-refractivity contribution >= 4 is 41.5 Å². The highest BCUT2D eigenvalue weighted by molar-refractivity contribution is 5.94. The minimum Gasteiger partial charge on any atom is -0.508 e. The van der Waals surface area contributed by atoms with Crippen molar-refractivity contribution < 1.29 is 39.0 Å². The quantitative estimate of drug-likeness (QED) is 0.0399. The smallest absolute Gasteiger partial charge is 0.326 e. The molecule has 0 radical (unpaired) electrons. The Bertz CT molecular complexity index is 1500. The molecule has 17 heteroatoms. The van der Waals surface area contributed by atoms with Gasteiger partial charge in [0.15, 0.2) is 5.96 Å². The summed E-state index contributed by atoms with van der Waals surface area (Å²) in [5.41, 5.74) is 17.9. The fraction of sp³-hybridized carbons (Fsp3) is 0.441. The average Bonchev–Trinajstić information content (AvgIpc) is 3.07. The highest BCUT2D eigenvalue weighted by Gasteiger charge is 2.30. The largest absolute Gasteiger partial charge is 0.508 e. The maximum absolute atomic E-state index is 13.6. The molecule has 2 aromatic carbocycles. The third-order valence-electron chi connectivity index (χ3n) is 7.43. The Labute approximate surface area is 296 Å². The van der Waals surface area contributed by atoms with E-state index in [4.69, 9.17) is 17.2 Å². The molecule has 0 saturated heterocycles. The number of aromatic hydroxyl groups is 1. The topological polar surface area (TPSA) is 293 Å². The van der Waals surface area contributed by atoms with Crippen molar-refractivity contribution in [2.24, 2.45) is 28.1 Å². The third kappa shape index (κ3) is 16.5. The summed E-state index contributed by atoms with van der Waals surface area (Å²) in [6.45, 7) is 2.84. The Morgan fingerprint density at radius 2 is 1.31 bits per heavy atom. The minimum absolute atomic E-state index is 0.0366. The first kappa shape index (κ1) is 41.5. The molecule has 2 aromatic rings. The molecular formula is C34H49N9O8. The molecule has 0 aliphatic heterocycles. The van der Waals surface area contributed by atoms with Gasteiger partial charge in [-0.3, -0.25) is 29.0 Å². The average molecular weight is 712 g/mol. The number of carboxylic acids is 1. The number of aliphatic imine (C=N–C) groups is 1. The number of nitrogens with zero attached hydrogens (tertiary/aromatic N) is 1. The van der Waals surface area contributed by atoms with Crippen LogP contribution in [0.3, 0.4) is 0 Å². The van der Waals surface area contributed by atoms with Gasteiger partial charge in [-0.1, -0.05) is 56.3 Å². The molecule has 0 heterocycles. The number of amides is 5. The lowest BCUT2D eigenvalue weighted by Crippen LogP contribution is -2.57. The second-order valence-electron chi connectivity index (χ2n) is 12.3. The van der Waals surface area contributed by atoms with Gasteiger partial charge in [0, 0.05) is 13.0 Å². The van der Waals surface area contributed by atoms with Gasteiger partial charge in [-0.2, -0.15) is 0 Å². The van der Waals surface area contributed by atoms with Crippen LogP contribution in [0.4, 0.5) is 0 Å². The van der Waals surface area contributed by atoms with Crippen molar-refractivity contribution in [3.63, 3.8) is 0 Å². The van der Waals surface area contributed by atoms with Crippen molar-refractivity contribution in [2.75, 3.05) is 19.6 Å². The van der Waals surface area contributed by atoms with E-state index in [2.05, 4.69) is 31.6 Å². The zero-order valence-corrected chi connectivity index (χ0v) is 28.8. The second-order valence-corrected chi connectivity index (χ2v) is 12.3. The van der Waals surface area contributed by atoms with Crippen LogP contribution in [-0.2, 0) is 41.6 Å². The number of phenolic OH excluding ortho intramolecular Hbond substituents is 1. The molecule has 0 aliphatic carbocycles. The standard InChI is InChI=1S/C34H49N9O8/c1-20(2)15-26(31(48)42-25(33(50)51)9-6-14-38-34(36)37)43-32(49)27(17-21-7-4-3-5-8-21)41-29(46)19-39-28(45)18-40-30(47)24(35)16-22-10-12-23(44)13-11-22/h3-5,7-8,10-13,20,24-27,44H,6,9,14-19,35H2,1-2H3,(H,39,45)(H,40,47)(H,41,46)(H,42,48)(H,43,49)(H,50,51)(H4,36,37,38)/t24-,25-,26+,27-/m0/s1. The van der Waals surface area contributed by atoms with Gasteiger partial charge in [-0.05, 0) is 54.9 Å². The number of hydrogen-bond acceptors (Lipinski definition) is 9. The number of nitrogens with two attached hydrogens (primary N) is 3. The van der Waals surface area contributed by atoms with Gasteiger partial charge in [0.25, 0.3) is 0 Å². The lowest BCUT2D eigenvalue weighted by Gasteiger charge is -2.25. The third-order valence-corrected chi connectivity index (χ3v) is 7.43. The first-order valence-electron chi connectivity index (χ1n) is 16.4.